The molecule has 5 rings (SSSR count). The molecule has 4 nitrogen and oxygen atoms in total. The number of thioether (sulfide) groups is 1. The fourth-order valence-corrected chi connectivity index (χ4v) is 7.52. The number of hydrogen-bond donors (Lipinski definition) is 0. The van der Waals surface area contributed by atoms with Crippen molar-refractivity contribution in [1.82, 2.24) is 4.98 Å². The number of aromatic nitrogens is 1. The molecule has 0 unspecified atom stereocenters. The minimum absolute atomic E-state index is 0.0240. The van der Waals surface area contributed by atoms with Crippen LogP contribution in [0.5, 0.6) is 0 Å². The molecular weight excluding hydrogens is 453 g/mol. The molecule has 2 aromatic carbocycles. The highest BCUT2D eigenvalue weighted by molar-refractivity contribution is 8.13. The Morgan fingerprint density at radius 1 is 1.23 bits per heavy atom. The first kappa shape index (κ1) is 19.9. The van der Waals surface area contributed by atoms with Crippen LogP contribution in [0.1, 0.15) is 30.2 Å². The van der Waals surface area contributed by atoms with Crippen LogP contribution >= 0.6 is 46.7 Å². The van der Waals surface area contributed by atoms with Crippen molar-refractivity contribution in [2.24, 2.45) is 0 Å². The molecule has 0 N–H and O–H groups in total. The van der Waals surface area contributed by atoms with Gasteiger partial charge in [0, 0.05) is 5.56 Å². The number of benzene rings is 2. The third kappa shape index (κ3) is 3.22. The van der Waals surface area contributed by atoms with Crippen molar-refractivity contribution >= 4 is 68.7 Å². The zero-order valence-electron chi connectivity index (χ0n) is 16.6. The van der Waals surface area contributed by atoms with Gasteiger partial charge in [-0.25, -0.2) is 4.98 Å². The Morgan fingerprint density at radius 3 is 2.83 bits per heavy atom. The highest BCUT2D eigenvalue weighted by Crippen LogP contribution is 2.53. The van der Waals surface area contributed by atoms with Crippen LogP contribution in [0.3, 0.4) is 0 Å². The molecule has 0 aliphatic carbocycles. The zero-order chi connectivity index (χ0) is 21.0. The van der Waals surface area contributed by atoms with E-state index < -0.39 is 5.54 Å². The van der Waals surface area contributed by atoms with Crippen molar-refractivity contribution in [2.75, 3.05) is 4.90 Å². The van der Waals surface area contributed by atoms with Crippen LogP contribution < -0.4 is 4.90 Å². The summed E-state index contributed by atoms with van der Waals surface area (Å²) >= 11 is 9.95. The minimum atomic E-state index is -0.486. The van der Waals surface area contributed by atoms with Crippen LogP contribution in [-0.2, 0) is 11.3 Å². The first-order valence-electron chi connectivity index (χ1n) is 9.41. The number of aryl methyl sites for hydroxylation is 1. The lowest BCUT2D eigenvalue weighted by Crippen LogP contribution is -2.46. The summed E-state index contributed by atoms with van der Waals surface area (Å²) in [6, 6.07) is 13.9. The van der Waals surface area contributed by atoms with Crippen LogP contribution in [0.4, 0.5) is 10.5 Å². The molecule has 0 atom stereocenters. The highest BCUT2D eigenvalue weighted by atomic mass is 32.2. The van der Waals surface area contributed by atoms with Gasteiger partial charge < -0.3 is 4.42 Å². The quantitative estimate of drug-likeness (QED) is 0.280. The zero-order valence-corrected chi connectivity index (χ0v) is 19.9. The van der Waals surface area contributed by atoms with Crippen molar-refractivity contribution in [3.05, 3.63) is 61.9 Å². The Labute approximate surface area is 191 Å². The van der Waals surface area contributed by atoms with Crippen LogP contribution in [-0.4, -0.2) is 10.2 Å². The molecule has 2 aromatic heterocycles. The van der Waals surface area contributed by atoms with E-state index in [1.807, 2.05) is 36.1 Å². The van der Waals surface area contributed by atoms with Crippen molar-refractivity contribution in [3.63, 3.8) is 0 Å². The molecule has 0 saturated carbocycles. The van der Waals surface area contributed by atoms with Crippen molar-refractivity contribution in [1.29, 1.82) is 0 Å². The van der Waals surface area contributed by atoms with E-state index >= 15 is 0 Å². The maximum absolute atomic E-state index is 13.5. The van der Waals surface area contributed by atoms with E-state index in [2.05, 4.69) is 37.0 Å². The van der Waals surface area contributed by atoms with Gasteiger partial charge in [-0.3, -0.25) is 9.69 Å². The van der Waals surface area contributed by atoms with Gasteiger partial charge in [0.1, 0.15) is 8.65 Å². The molecule has 0 spiro atoms. The summed E-state index contributed by atoms with van der Waals surface area (Å²) < 4.78 is 6.68. The van der Waals surface area contributed by atoms with Crippen LogP contribution in [0.15, 0.2) is 46.9 Å². The van der Waals surface area contributed by atoms with Crippen molar-refractivity contribution in [2.45, 2.75) is 32.1 Å². The van der Waals surface area contributed by atoms with Crippen molar-refractivity contribution in [3.8, 4) is 10.4 Å². The molecule has 1 aliphatic heterocycles. The Morgan fingerprint density at radius 2 is 2.03 bits per heavy atom. The number of hydrogen-bond acceptors (Lipinski definition) is 7. The molecule has 0 fully saturated rings. The molecule has 30 heavy (non-hydrogen) atoms. The Bertz CT molecular complexity index is 1320. The van der Waals surface area contributed by atoms with Crippen molar-refractivity contribution < 1.29 is 9.21 Å². The van der Waals surface area contributed by atoms with Gasteiger partial charge in [0.25, 0.3) is 5.24 Å². The number of carbonyl (C=O) groups excluding carboxylic acids is 1. The van der Waals surface area contributed by atoms with E-state index in [1.54, 1.807) is 22.7 Å². The summed E-state index contributed by atoms with van der Waals surface area (Å²) in [4.78, 5) is 22.2. The van der Waals surface area contributed by atoms with Gasteiger partial charge in [0.2, 0.25) is 5.89 Å². The Kier molecular flexibility index (Phi) is 4.85. The summed E-state index contributed by atoms with van der Waals surface area (Å²) in [6.45, 7) is 6.23. The average Bonchev–Trinajstić information content (AvgIpc) is 3.29. The predicted octanol–water partition coefficient (Wildman–Crippen LogP) is 7.76. The minimum Gasteiger partial charge on any atom is -0.440 e. The lowest BCUT2D eigenvalue weighted by atomic mass is 9.91. The molecule has 0 bridgehead atoms. The second-order valence-electron chi connectivity index (χ2n) is 7.66. The number of oxazole rings is 1. The number of para-hydroxylation sites is 2. The maximum atomic E-state index is 13.5. The van der Waals surface area contributed by atoms with Crippen LogP contribution in [0, 0.1) is 10.1 Å². The molecule has 4 aromatic rings. The SMILES string of the molecule is Cc1ccc2c(c1)N(C(=O)SCc1nc3ccccc3o1)C(C)(C)c1sc(=S)sc1-2. The molecule has 3 heterocycles. The third-order valence-corrected chi connectivity index (χ3v) is 8.99. The smallest absolute Gasteiger partial charge is 0.287 e. The standard InChI is InChI=1S/C22H18N2O2S4/c1-12-8-9-13-15(10-12)24(22(2,3)19-18(13)29-21(27)30-19)20(25)28-11-17-23-14-6-4-5-7-16(14)26-17/h4-10H,11H2,1-3H3. The second-order valence-corrected chi connectivity index (χ2v) is 11.8. The maximum Gasteiger partial charge on any atom is 0.287 e. The average molecular weight is 471 g/mol. The molecule has 0 saturated heterocycles. The van der Waals surface area contributed by atoms with Gasteiger partial charge in [0.15, 0.2) is 5.58 Å². The van der Waals surface area contributed by atoms with Crippen LogP contribution in [0.2, 0.25) is 0 Å². The van der Waals surface area contributed by atoms with Gasteiger partial charge in [-0.15, -0.1) is 22.7 Å². The third-order valence-electron chi connectivity index (χ3n) is 5.17. The molecule has 1 aliphatic rings. The summed E-state index contributed by atoms with van der Waals surface area (Å²) in [6.07, 6.45) is 0. The number of anilines is 1. The van der Waals surface area contributed by atoms with Crippen LogP contribution in [0.25, 0.3) is 21.5 Å². The van der Waals surface area contributed by atoms with Gasteiger partial charge in [-0.2, -0.15) is 0 Å². The molecule has 0 radical (unpaired) electrons. The Balaban J connectivity index is 1.51. The summed E-state index contributed by atoms with van der Waals surface area (Å²) in [7, 11) is 0. The molecule has 152 valence electrons. The predicted molar refractivity (Wildman–Crippen MR) is 129 cm³/mol. The van der Waals surface area contributed by atoms with E-state index in [1.165, 1.54) is 16.6 Å². The lowest BCUT2D eigenvalue weighted by molar-refractivity contribution is 0.259. The van der Waals surface area contributed by atoms with Gasteiger partial charge in [-0.05, 0) is 44.5 Å². The normalized spacial score (nSPS) is 14.6. The molecular formula is C22H18N2O2S4. The second kappa shape index (κ2) is 7.30. The van der Waals surface area contributed by atoms with E-state index in [0.717, 1.165) is 35.9 Å². The topological polar surface area (TPSA) is 46.3 Å². The van der Waals surface area contributed by atoms with Gasteiger partial charge in [-0.1, -0.05) is 48.2 Å². The Hall–Kier alpha value is -2.00. The largest absolute Gasteiger partial charge is 0.440 e. The van der Waals surface area contributed by atoms with Gasteiger partial charge >= 0.3 is 0 Å². The highest BCUT2D eigenvalue weighted by Gasteiger charge is 2.43. The molecule has 8 heteroatoms. The van der Waals surface area contributed by atoms with E-state index in [9.17, 15) is 4.79 Å². The van der Waals surface area contributed by atoms with E-state index in [4.69, 9.17) is 16.6 Å². The fourth-order valence-electron chi connectivity index (χ4n) is 3.78. The summed E-state index contributed by atoms with van der Waals surface area (Å²) in [5.74, 6) is 0.939. The van der Waals surface area contributed by atoms with E-state index in [-0.39, 0.29) is 5.24 Å². The number of nitrogens with zero attached hydrogens (tertiary/aromatic N) is 2. The summed E-state index contributed by atoms with van der Waals surface area (Å²) in [5.41, 5.74) is 4.19. The lowest BCUT2D eigenvalue weighted by Gasteiger charge is -2.42. The fraction of sp³-hybridized carbons (Fsp3) is 0.227. The first-order chi connectivity index (χ1) is 14.3. The summed E-state index contributed by atoms with van der Waals surface area (Å²) in [5, 5.41) is -0.0240. The number of amides is 1. The first-order valence-corrected chi connectivity index (χ1v) is 12.4. The monoisotopic (exact) mass is 470 g/mol. The van der Waals surface area contributed by atoms with Gasteiger partial charge in [0.05, 0.1) is 26.7 Å². The number of rotatable bonds is 2. The number of fused-ring (bicyclic) bond motifs is 4. The molecule has 1 amide bonds. The number of carbonyl (C=O) groups is 1. The van der Waals surface area contributed by atoms with E-state index in [0.29, 0.717) is 11.6 Å².